The van der Waals surface area contributed by atoms with Crippen molar-refractivity contribution in [2.45, 2.75) is 39.8 Å². The van der Waals surface area contributed by atoms with Crippen LogP contribution >= 0.6 is 0 Å². The summed E-state index contributed by atoms with van der Waals surface area (Å²) in [4.78, 5) is 11.6. The Labute approximate surface area is 102 Å². The average Bonchev–Trinajstić information content (AvgIpc) is 2.76. The van der Waals surface area contributed by atoms with Gasteiger partial charge in [-0.3, -0.25) is 9.48 Å². The summed E-state index contributed by atoms with van der Waals surface area (Å²) in [6.07, 6.45) is 2.86. The third kappa shape index (κ3) is 4.99. The van der Waals surface area contributed by atoms with Gasteiger partial charge in [0.25, 0.3) is 5.91 Å². The number of nitrogens with one attached hydrogen (secondary N) is 1. The Kier molecular flexibility index (Phi) is 5.69. The summed E-state index contributed by atoms with van der Waals surface area (Å²) in [6, 6.07) is 1.73. The number of rotatable bonds is 7. The summed E-state index contributed by atoms with van der Waals surface area (Å²) in [6.45, 7) is 8.03. The van der Waals surface area contributed by atoms with E-state index in [1.807, 2.05) is 20.8 Å². The van der Waals surface area contributed by atoms with Crippen LogP contribution in [0.25, 0.3) is 0 Å². The molecule has 5 heteroatoms. The lowest BCUT2D eigenvalue weighted by molar-refractivity contribution is 0.0756. The van der Waals surface area contributed by atoms with Gasteiger partial charge >= 0.3 is 0 Å². The summed E-state index contributed by atoms with van der Waals surface area (Å²) >= 11 is 0. The van der Waals surface area contributed by atoms with Crippen molar-refractivity contribution >= 4 is 5.91 Å². The number of aromatic nitrogens is 2. The second kappa shape index (κ2) is 7.06. The van der Waals surface area contributed by atoms with Gasteiger partial charge in [-0.05, 0) is 33.3 Å². The molecular formula is C12H21N3O2. The maximum atomic E-state index is 11.6. The molecule has 0 saturated carbocycles. The predicted octanol–water partition coefficient (Wildman–Crippen LogP) is 1.45. The molecule has 0 aliphatic carbocycles. The molecule has 0 aliphatic rings. The van der Waals surface area contributed by atoms with Crippen LogP contribution in [-0.2, 0) is 11.3 Å². The summed E-state index contributed by atoms with van der Waals surface area (Å²) in [7, 11) is 0. The first-order valence-corrected chi connectivity index (χ1v) is 6.06. The first kappa shape index (κ1) is 13.7. The molecule has 0 aliphatic heterocycles. The van der Waals surface area contributed by atoms with Crippen LogP contribution in [0.4, 0.5) is 0 Å². The van der Waals surface area contributed by atoms with Crippen molar-refractivity contribution in [1.29, 1.82) is 0 Å². The smallest absolute Gasteiger partial charge is 0.271 e. The molecule has 0 radical (unpaired) electrons. The highest BCUT2D eigenvalue weighted by molar-refractivity contribution is 5.92. The van der Waals surface area contributed by atoms with Gasteiger partial charge in [0.1, 0.15) is 5.69 Å². The highest BCUT2D eigenvalue weighted by Gasteiger charge is 2.07. The fraction of sp³-hybridized carbons (Fsp3) is 0.667. The molecule has 96 valence electrons. The van der Waals surface area contributed by atoms with Gasteiger partial charge < -0.3 is 10.1 Å². The first-order valence-electron chi connectivity index (χ1n) is 6.06. The third-order valence-corrected chi connectivity index (χ3v) is 2.26. The standard InChI is InChI=1S/C12H21N3O2/c1-4-15-8-6-11(14-15)12(16)13-7-5-9-17-10(2)3/h6,8,10H,4-5,7,9H2,1-3H3,(H,13,16). The molecule has 5 nitrogen and oxygen atoms in total. The summed E-state index contributed by atoms with van der Waals surface area (Å²) in [5.74, 6) is -0.123. The highest BCUT2D eigenvalue weighted by atomic mass is 16.5. The SMILES string of the molecule is CCn1ccc(C(=O)NCCCOC(C)C)n1. The minimum absolute atomic E-state index is 0.123. The van der Waals surface area contributed by atoms with E-state index >= 15 is 0 Å². The molecule has 0 saturated heterocycles. The van der Waals surface area contributed by atoms with E-state index in [4.69, 9.17) is 4.74 Å². The molecule has 0 unspecified atom stereocenters. The highest BCUT2D eigenvalue weighted by Crippen LogP contribution is 1.96. The molecule has 1 rings (SSSR count). The van der Waals surface area contributed by atoms with E-state index in [1.165, 1.54) is 0 Å². The first-order chi connectivity index (χ1) is 8.13. The Morgan fingerprint density at radius 3 is 2.94 bits per heavy atom. The van der Waals surface area contributed by atoms with Crippen LogP contribution in [0.1, 0.15) is 37.7 Å². The number of nitrogens with zero attached hydrogens (tertiary/aromatic N) is 2. The molecule has 17 heavy (non-hydrogen) atoms. The lowest BCUT2D eigenvalue weighted by Crippen LogP contribution is -2.26. The van der Waals surface area contributed by atoms with Crippen LogP contribution in [0.15, 0.2) is 12.3 Å². The molecule has 0 fully saturated rings. The number of carbonyl (C=O) groups is 1. The lowest BCUT2D eigenvalue weighted by atomic mass is 10.4. The van der Waals surface area contributed by atoms with Crippen LogP contribution in [0.3, 0.4) is 0 Å². The number of hydrogen-bond donors (Lipinski definition) is 1. The van der Waals surface area contributed by atoms with Crippen LogP contribution in [0, 0.1) is 0 Å². The van der Waals surface area contributed by atoms with E-state index in [2.05, 4.69) is 10.4 Å². The zero-order valence-electron chi connectivity index (χ0n) is 10.8. The van der Waals surface area contributed by atoms with Crippen LogP contribution in [-0.4, -0.2) is 34.9 Å². The number of aryl methyl sites for hydroxylation is 1. The summed E-state index contributed by atoms with van der Waals surface area (Å²) in [5, 5.41) is 6.94. The maximum Gasteiger partial charge on any atom is 0.271 e. The molecule has 0 atom stereocenters. The minimum atomic E-state index is -0.123. The Morgan fingerprint density at radius 2 is 2.35 bits per heavy atom. The number of hydrogen-bond acceptors (Lipinski definition) is 3. The lowest BCUT2D eigenvalue weighted by Gasteiger charge is -2.07. The molecule has 1 heterocycles. The zero-order chi connectivity index (χ0) is 12.7. The van der Waals surface area contributed by atoms with Crippen molar-refractivity contribution in [3.63, 3.8) is 0 Å². The number of carbonyl (C=O) groups excluding carboxylic acids is 1. The Morgan fingerprint density at radius 1 is 1.59 bits per heavy atom. The van der Waals surface area contributed by atoms with Crippen LogP contribution in [0.5, 0.6) is 0 Å². The fourth-order valence-corrected chi connectivity index (χ4v) is 1.34. The molecule has 0 spiro atoms. The van der Waals surface area contributed by atoms with Crippen molar-refractivity contribution in [1.82, 2.24) is 15.1 Å². The van der Waals surface area contributed by atoms with Crippen LogP contribution in [0.2, 0.25) is 0 Å². The Hall–Kier alpha value is -1.36. The van der Waals surface area contributed by atoms with E-state index in [-0.39, 0.29) is 12.0 Å². The topological polar surface area (TPSA) is 56.2 Å². The van der Waals surface area contributed by atoms with E-state index in [0.717, 1.165) is 13.0 Å². The monoisotopic (exact) mass is 239 g/mol. The fourth-order valence-electron chi connectivity index (χ4n) is 1.34. The molecule has 1 aromatic rings. The van der Waals surface area contributed by atoms with E-state index < -0.39 is 0 Å². The van der Waals surface area contributed by atoms with Gasteiger partial charge in [0, 0.05) is 25.9 Å². The normalized spacial score (nSPS) is 10.8. The van der Waals surface area contributed by atoms with E-state index in [9.17, 15) is 4.79 Å². The Bertz CT molecular complexity index is 347. The zero-order valence-corrected chi connectivity index (χ0v) is 10.8. The van der Waals surface area contributed by atoms with Crippen molar-refractivity contribution in [3.05, 3.63) is 18.0 Å². The van der Waals surface area contributed by atoms with Gasteiger partial charge in [-0.15, -0.1) is 0 Å². The Balaban J connectivity index is 2.21. The quantitative estimate of drug-likeness (QED) is 0.733. The van der Waals surface area contributed by atoms with Crippen LogP contribution < -0.4 is 5.32 Å². The van der Waals surface area contributed by atoms with Crippen molar-refractivity contribution in [3.8, 4) is 0 Å². The molecular weight excluding hydrogens is 218 g/mol. The average molecular weight is 239 g/mol. The second-order valence-electron chi connectivity index (χ2n) is 4.09. The molecule has 1 N–H and O–H groups in total. The predicted molar refractivity (Wildman–Crippen MR) is 65.9 cm³/mol. The van der Waals surface area contributed by atoms with Gasteiger partial charge in [0.2, 0.25) is 0 Å². The molecule has 1 aromatic heterocycles. The molecule has 0 bridgehead atoms. The maximum absolute atomic E-state index is 11.6. The molecule has 0 aromatic carbocycles. The largest absolute Gasteiger partial charge is 0.379 e. The van der Waals surface area contributed by atoms with Crippen molar-refractivity contribution in [2.75, 3.05) is 13.2 Å². The van der Waals surface area contributed by atoms with Gasteiger partial charge in [-0.25, -0.2) is 0 Å². The van der Waals surface area contributed by atoms with Gasteiger partial charge in [0.05, 0.1) is 6.10 Å². The van der Waals surface area contributed by atoms with Gasteiger partial charge in [0.15, 0.2) is 0 Å². The van der Waals surface area contributed by atoms with E-state index in [0.29, 0.717) is 18.8 Å². The molecule has 1 amide bonds. The second-order valence-corrected chi connectivity index (χ2v) is 4.09. The third-order valence-electron chi connectivity index (χ3n) is 2.26. The van der Waals surface area contributed by atoms with Gasteiger partial charge in [-0.1, -0.05) is 0 Å². The van der Waals surface area contributed by atoms with Crippen molar-refractivity contribution in [2.24, 2.45) is 0 Å². The summed E-state index contributed by atoms with van der Waals surface area (Å²) in [5.41, 5.74) is 0.469. The van der Waals surface area contributed by atoms with E-state index in [1.54, 1.807) is 16.9 Å². The summed E-state index contributed by atoms with van der Waals surface area (Å²) < 4.78 is 7.11. The van der Waals surface area contributed by atoms with Gasteiger partial charge in [-0.2, -0.15) is 5.10 Å². The van der Waals surface area contributed by atoms with Crippen molar-refractivity contribution < 1.29 is 9.53 Å². The number of ether oxygens (including phenoxy) is 1. The minimum Gasteiger partial charge on any atom is -0.379 e. The number of amides is 1.